The quantitative estimate of drug-likeness (QED) is 0.375. The van der Waals surface area contributed by atoms with Gasteiger partial charge in [-0.1, -0.05) is 12.2 Å². The van der Waals surface area contributed by atoms with Crippen LogP contribution in [0.25, 0.3) is 0 Å². The van der Waals surface area contributed by atoms with Gasteiger partial charge >= 0.3 is 0 Å². The van der Waals surface area contributed by atoms with Crippen LogP contribution >= 0.6 is 0 Å². The summed E-state index contributed by atoms with van der Waals surface area (Å²) in [6.07, 6.45) is 9.07. The fourth-order valence-corrected chi connectivity index (χ4v) is 3.82. The van der Waals surface area contributed by atoms with Crippen molar-refractivity contribution < 1.29 is 4.74 Å². The van der Waals surface area contributed by atoms with Crippen LogP contribution in [0, 0.1) is 23.7 Å². The predicted octanol–water partition coefficient (Wildman–Crippen LogP) is 1.60. The van der Waals surface area contributed by atoms with Gasteiger partial charge in [-0.15, -0.1) is 0 Å². The number of hydrogen-bond donors (Lipinski definition) is 0. The standard InChI is InChI=1S/C10H12O/c1-2-5-6(3-1)8-4-7(5)9-10(8)11-9/h1-2,5-10H,3-4H2/t5-,6+,7-,8+,9-,10+/m1/s1. The first-order valence-corrected chi connectivity index (χ1v) is 4.77. The predicted molar refractivity (Wildman–Crippen MR) is 41.0 cm³/mol. The van der Waals surface area contributed by atoms with Crippen molar-refractivity contribution in [1.29, 1.82) is 0 Å². The van der Waals surface area contributed by atoms with Crippen molar-refractivity contribution >= 4 is 0 Å². The van der Waals surface area contributed by atoms with E-state index in [0.29, 0.717) is 12.2 Å². The number of epoxide rings is 1. The maximum atomic E-state index is 5.64. The second-order valence-electron chi connectivity index (χ2n) is 4.53. The maximum Gasteiger partial charge on any atom is 0.0878 e. The summed E-state index contributed by atoms with van der Waals surface area (Å²) >= 11 is 0. The molecule has 0 unspecified atom stereocenters. The van der Waals surface area contributed by atoms with E-state index < -0.39 is 0 Å². The Morgan fingerprint density at radius 3 is 3.00 bits per heavy atom. The van der Waals surface area contributed by atoms with Crippen molar-refractivity contribution in [3.63, 3.8) is 0 Å². The van der Waals surface area contributed by atoms with Gasteiger partial charge < -0.3 is 4.74 Å². The van der Waals surface area contributed by atoms with Gasteiger partial charge in [-0.3, -0.25) is 0 Å². The van der Waals surface area contributed by atoms with Gasteiger partial charge in [-0.25, -0.2) is 0 Å². The maximum absolute atomic E-state index is 5.64. The van der Waals surface area contributed by atoms with Crippen molar-refractivity contribution in [3.8, 4) is 0 Å². The van der Waals surface area contributed by atoms with E-state index in [-0.39, 0.29) is 0 Å². The molecule has 1 heterocycles. The lowest BCUT2D eigenvalue weighted by Crippen LogP contribution is -2.23. The number of allylic oxidation sites excluding steroid dienone is 2. The van der Waals surface area contributed by atoms with Gasteiger partial charge in [-0.2, -0.15) is 0 Å². The average Bonchev–Trinajstić information content (AvgIpc) is 2.46. The van der Waals surface area contributed by atoms with Crippen molar-refractivity contribution in [2.24, 2.45) is 23.7 Å². The van der Waals surface area contributed by atoms with E-state index in [2.05, 4.69) is 12.2 Å². The van der Waals surface area contributed by atoms with Crippen LogP contribution in [0.4, 0.5) is 0 Å². The van der Waals surface area contributed by atoms with Crippen LogP contribution in [0.5, 0.6) is 0 Å². The Hall–Kier alpha value is -0.300. The topological polar surface area (TPSA) is 12.5 Å². The largest absolute Gasteiger partial charge is 0.369 e. The zero-order valence-electron chi connectivity index (χ0n) is 6.44. The lowest BCUT2D eigenvalue weighted by Gasteiger charge is -2.20. The first kappa shape index (κ1) is 5.36. The summed E-state index contributed by atoms with van der Waals surface area (Å²) in [6, 6.07) is 0. The van der Waals surface area contributed by atoms with Gasteiger partial charge in [0.25, 0.3) is 0 Å². The van der Waals surface area contributed by atoms with Crippen LogP contribution in [0.2, 0.25) is 0 Å². The third kappa shape index (κ3) is 0.451. The molecule has 0 aromatic carbocycles. The molecule has 58 valence electrons. The molecule has 11 heavy (non-hydrogen) atoms. The molecular formula is C10H12O. The summed E-state index contributed by atoms with van der Waals surface area (Å²) in [7, 11) is 0. The second kappa shape index (κ2) is 1.42. The Bertz CT molecular complexity index is 245. The van der Waals surface area contributed by atoms with E-state index in [1.807, 2.05) is 0 Å². The molecule has 0 radical (unpaired) electrons. The van der Waals surface area contributed by atoms with Crippen molar-refractivity contribution in [2.75, 3.05) is 0 Å². The summed E-state index contributed by atoms with van der Waals surface area (Å²) < 4.78 is 5.64. The second-order valence-corrected chi connectivity index (χ2v) is 4.53. The highest BCUT2D eigenvalue weighted by atomic mass is 16.6. The SMILES string of the molecule is C1=C[C@H]2[C@H]3C[C@@H]([C@H]2C1)[C@@H]1O[C@H]31. The Kier molecular flexibility index (Phi) is 0.695. The molecule has 3 fully saturated rings. The van der Waals surface area contributed by atoms with Crippen LogP contribution in [0.3, 0.4) is 0 Å². The van der Waals surface area contributed by atoms with Gasteiger partial charge in [0.2, 0.25) is 0 Å². The minimum Gasteiger partial charge on any atom is -0.369 e. The number of rotatable bonds is 0. The van der Waals surface area contributed by atoms with Crippen LogP contribution in [-0.4, -0.2) is 12.2 Å². The molecule has 0 aromatic heterocycles. The molecule has 6 atom stereocenters. The molecule has 1 aliphatic heterocycles. The minimum absolute atomic E-state index is 0.698. The Balaban J connectivity index is 1.82. The molecular weight excluding hydrogens is 136 g/mol. The van der Waals surface area contributed by atoms with Gasteiger partial charge in [0, 0.05) is 0 Å². The summed E-state index contributed by atoms with van der Waals surface area (Å²) in [5, 5.41) is 0. The Labute approximate surface area is 66.4 Å². The summed E-state index contributed by atoms with van der Waals surface area (Å²) in [4.78, 5) is 0. The van der Waals surface area contributed by atoms with E-state index in [4.69, 9.17) is 4.74 Å². The number of ether oxygens (including phenoxy) is 1. The molecule has 1 saturated heterocycles. The first-order chi connectivity index (χ1) is 5.45. The Morgan fingerprint density at radius 1 is 1.09 bits per heavy atom. The molecule has 1 nitrogen and oxygen atoms in total. The highest BCUT2D eigenvalue weighted by Crippen LogP contribution is 2.64. The van der Waals surface area contributed by atoms with E-state index in [1.54, 1.807) is 0 Å². The van der Waals surface area contributed by atoms with Gasteiger partial charge in [0.15, 0.2) is 0 Å². The molecule has 0 amide bonds. The van der Waals surface area contributed by atoms with E-state index >= 15 is 0 Å². The number of fused-ring (bicyclic) bond motifs is 8. The molecule has 4 aliphatic rings. The zero-order valence-corrected chi connectivity index (χ0v) is 6.44. The fourth-order valence-electron chi connectivity index (χ4n) is 3.82. The molecule has 0 aromatic rings. The van der Waals surface area contributed by atoms with Crippen LogP contribution in [0.1, 0.15) is 12.8 Å². The lowest BCUT2D eigenvalue weighted by atomic mass is 9.82. The highest BCUT2D eigenvalue weighted by molar-refractivity contribution is 5.21. The molecule has 4 rings (SSSR count). The van der Waals surface area contributed by atoms with Gasteiger partial charge in [0.1, 0.15) is 0 Å². The van der Waals surface area contributed by atoms with Gasteiger partial charge in [0.05, 0.1) is 12.2 Å². The van der Waals surface area contributed by atoms with Gasteiger partial charge in [-0.05, 0) is 36.5 Å². The fraction of sp³-hybridized carbons (Fsp3) is 0.800. The number of hydrogen-bond acceptors (Lipinski definition) is 1. The smallest absolute Gasteiger partial charge is 0.0878 e. The van der Waals surface area contributed by atoms with E-state index in [0.717, 1.165) is 23.7 Å². The average molecular weight is 148 g/mol. The molecule has 0 N–H and O–H groups in total. The van der Waals surface area contributed by atoms with Crippen molar-refractivity contribution in [2.45, 2.75) is 25.0 Å². The van der Waals surface area contributed by atoms with Crippen molar-refractivity contribution in [3.05, 3.63) is 12.2 Å². The minimum atomic E-state index is 0.698. The Morgan fingerprint density at radius 2 is 2.00 bits per heavy atom. The molecule has 2 bridgehead atoms. The van der Waals surface area contributed by atoms with Crippen molar-refractivity contribution in [1.82, 2.24) is 0 Å². The third-order valence-corrected chi connectivity index (χ3v) is 4.26. The van der Waals surface area contributed by atoms with Crippen LogP contribution in [-0.2, 0) is 4.74 Å². The third-order valence-electron chi connectivity index (χ3n) is 4.26. The van der Waals surface area contributed by atoms with Crippen LogP contribution in [0.15, 0.2) is 12.2 Å². The molecule has 0 spiro atoms. The summed E-state index contributed by atoms with van der Waals surface area (Å²) in [5.41, 5.74) is 0. The molecule has 3 aliphatic carbocycles. The zero-order chi connectivity index (χ0) is 7.00. The van der Waals surface area contributed by atoms with Crippen LogP contribution < -0.4 is 0 Å². The molecule has 2 saturated carbocycles. The normalized spacial score (nSPS) is 68.4. The first-order valence-electron chi connectivity index (χ1n) is 4.77. The lowest BCUT2D eigenvalue weighted by molar-refractivity contribution is 0.250. The molecule has 1 heteroatoms. The summed E-state index contributed by atoms with van der Waals surface area (Å²) in [5.74, 6) is 3.78. The highest BCUT2D eigenvalue weighted by Gasteiger charge is 2.66. The monoisotopic (exact) mass is 148 g/mol. The summed E-state index contributed by atoms with van der Waals surface area (Å²) in [6.45, 7) is 0. The van der Waals surface area contributed by atoms with E-state index in [1.165, 1.54) is 12.8 Å². The van der Waals surface area contributed by atoms with E-state index in [9.17, 15) is 0 Å².